The van der Waals surface area contributed by atoms with Crippen molar-refractivity contribution in [2.45, 2.75) is 0 Å². The molecule has 0 atom stereocenters. The largest absolute Gasteiger partial charge is 0.507 e. The Hall–Kier alpha value is -7.50. The van der Waals surface area contributed by atoms with E-state index in [1.807, 2.05) is 30.5 Å². The normalized spacial score (nSPS) is 11.7. The van der Waals surface area contributed by atoms with Crippen molar-refractivity contribution >= 4 is 54.5 Å². The number of phenols is 1. The predicted octanol–water partition coefficient (Wildman–Crippen LogP) is 12.5. The van der Waals surface area contributed by atoms with Gasteiger partial charge >= 0.3 is 0 Å². The molecule has 8 aromatic carbocycles. The fourth-order valence-electron chi connectivity index (χ4n) is 8.34. The molecule has 0 saturated heterocycles. The summed E-state index contributed by atoms with van der Waals surface area (Å²) in [5.41, 5.74) is 11.9. The summed E-state index contributed by atoms with van der Waals surface area (Å²) in [6.07, 6.45) is 1.87. The van der Waals surface area contributed by atoms with Gasteiger partial charge in [0.25, 0.3) is 0 Å². The van der Waals surface area contributed by atoms with Gasteiger partial charge in [0.1, 0.15) is 11.6 Å². The molecule has 0 bridgehead atoms. The number of pyridine rings is 1. The van der Waals surface area contributed by atoms with E-state index in [9.17, 15) is 5.11 Å². The number of nitrogens with zero attached hydrogens (tertiary/aromatic N) is 4. The molecule has 11 rings (SSSR count). The third-order valence-corrected chi connectivity index (χ3v) is 10.8. The van der Waals surface area contributed by atoms with Crippen molar-refractivity contribution in [2.75, 3.05) is 0 Å². The second-order valence-electron chi connectivity index (χ2n) is 14.0. The zero-order valence-corrected chi connectivity index (χ0v) is 29.6. The van der Waals surface area contributed by atoms with Crippen molar-refractivity contribution in [3.05, 3.63) is 188 Å². The Morgan fingerprint density at radius 2 is 1.00 bits per heavy atom. The van der Waals surface area contributed by atoms with Crippen LogP contribution in [0, 0.1) is 0 Å². The van der Waals surface area contributed by atoms with Gasteiger partial charge in [-0.1, -0.05) is 115 Å². The highest BCUT2D eigenvalue weighted by Gasteiger charge is 2.21. The lowest BCUT2D eigenvalue weighted by atomic mass is 9.95. The van der Waals surface area contributed by atoms with E-state index in [2.05, 4.69) is 161 Å². The van der Waals surface area contributed by atoms with Crippen LogP contribution in [0.15, 0.2) is 188 Å². The van der Waals surface area contributed by atoms with Crippen LogP contribution in [-0.4, -0.2) is 24.2 Å². The minimum Gasteiger partial charge on any atom is -0.507 e. The van der Waals surface area contributed by atoms with E-state index in [1.165, 1.54) is 10.8 Å². The molecule has 3 heterocycles. The molecule has 11 aromatic rings. The van der Waals surface area contributed by atoms with Crippen molar-refractivity contribution < 1.29 is 5.11 Å². The second-order valence-corrected chi connectivity index (χ2v) is 14.0. The van der Waals surface area contributed by atoms with E-state index in [1.54, 1.807) is 6.07 Å². The molecule has 1 N–H and O–H groups in total. The molecule has 55 heavy (non-hydrogen) atoms. The number of rotatable bonds is 5. The van der Waals surface area contributed by atoms with Gasteiger partial charge in [-0.25, -0.2) is 4.98 Å². The Labute approximate surface area is 316 Å². The van der Waals surface area contributed by atoms with Gasteiger partial charge in [0.05, 0.1) is 33.1 Å². The van der Waals surface area contributed by atoms with Crippen LogP contribution in [0.2, 0.25) is 0 Å². The molecular weight excluding hydrogens is 673 g/mol. The van der Waals surface area contributed by atoms with Crippen LogP contribution in [-0.2, 0) is 0 Å². The number of aromatic nitrogens is 4. The summed E-state index contributed by atoms with van der Waals surface area (Å²) in [5, 5.41) is 17.0. The Morgan fingerprint density at radius 1 is 0.400 bits per heavy atom. The average molecular weight is 705 g/mol. The van der Waals surface area contributed by atoms with Gasteiger partial charge in [-0.2, -0.15) is 0 Å². The Kier molecular flexibility index (Phi) is 6.94. The van der Waals surface area contributed by atoms with Gasteiger partial charge in [-0.3, -0.25) is 9.55 Å². The van der Waals surface area contributed by atoms with E-state index in [0.717, 1.165) is 77.4 Å². The smallest absolute Gasteiger partial charge is 0.149 e. The Bertz CT molecular complexity index is 3240. The van der Waals surface area contributed by atoms with Crippen LogP contribution in [0.25, 0.3) is 99.5 Å². The van der Waals surface area contributed by atoms with Crippen molar-refractivity contribution in [2.24, 2.45) is 0 Å². The lowest BCUT2D eigenvalue weighted by Gasteiger charge is -2.15. The quantitative estimate of drug-likeness (QED) is 0.194. The van der Waals surface area contributed by atoms with E-state index < -0.39 is 0 Å². The summed E-state index contributed by atoms with van der Waals surface area (Å²) in [4.78, 5) is 10.3. The summed E-state index contributed by atoms with van der Waals surface area (Å²) in [6, 6.07) is 63.3. The molecular formula is C50H32N4O. The molecule has 3 aromatic heterocycles. The first-order valence-corrected chi connectivity index (χ1v) is 18.5. The van der Waals surface area contributed by atoms with Gasteiger partial charge in [0, 0.05) is 44.9 Å². The fourth-order valence-corrected chi connectivity index (χ4v) is 8.34. The molecule has 0 aliphatic heterocycles. The predicted molar refractivity (Wildman–Crippen MR) is 226 cm³/mol. The second kappa shape index (κ2) is 12.3. The van der Waals surface area contributed by atoms with Crippen molar-refractivity contribution in [1.29, 1.82) is 0 Å². The number of phenolic OH excluding ortho intramolecular Hbond substituents is 1. The molecule has 0 radical (unpaired) electrons. The number of para-hydroxylation sites is 5. The van der Waals surface area contributed by atoms with Gasteiger partial charge in [-0.15, -0.1) is 0 Å². The SMILES string of the molecule is Oc1ccccc1-c1nc2c(-c3cc(-c4cccc5cccnc45)cc(-n4c5ccccc5c5ccccc54)c3)cccc2n1-c1ccc2ccccc2c1. The number of hydrogen-bond donors (Lipinski definition) is 1. The summed E-state index contributed by atoms with van der Waals surface area (Å²) < 4.78 is 4.55. The monoisotopic (exact) mass is 704 g/mol. The lowest BCUT2D eigenvalue weighted by Crippen LogP contribution is -1.98. The number of benzene rings is 8. The highest BCUT2D eigenvalue weighted by molar-refractivity contribution is 6.09. The van der Waals surface area contributed by atoms with E-state index in [0.29, 0.717) is 11.4 Å². The Morgan fingerprint density at radius 3 is 1.78 bits per heavy atom. The first-order chi connectivity index (χ1) is 27.2. The van der Waals surface area contributed by atoms with Gasteiger partial charge in [0.15, 0.2) is 0 Å². The van der Waals surface area contributed by atoms with Gasteiger partial charge in [0.2, 0.25) is 0 Å². The minimum absolute atomic E-state index is 0.181. The highest BCUT2D eigenvalue weighted by Crippen LogP contribution is 2.41. The number of imidazole rings is 1. The summed E-state index contributed by atoms with van der Waals surface area (Å²) in [6.45, 7) is 0. The van der Waals surface area contributed by atoms with Crippen LogP contribution in [0.1, 0.15) is 0 Å². The zero-order chi connectivity index (χ0) is 36.5. The fraction of sp³-hybridized carbons (Fsp3) is 0. The Balaban J connectivity index is 1.22. The summed E-state index contributed by atoms with van der Waals surface area (Å²) in [5.74, 6) is 0.855. The maximum atomic E-state index is 11.2. The highest BCUT2D eigenvalue weighted by atomic mass is 16.3. The van der Waals surface area contributed by atoms with E-state index >= 15 is 0 Å². The van der Waals surface area contributed by atoms with Gasteiger partial charge in [-0.05, 0) is 88.6 Å². The average Bonchev–Trinajstić information content (AvgIpc) is 3.80. The number of aromatic hydroxyl groups is 1. The minimum atomic E-state index is 0.181. The van der Waals surface area contributed by atoms with Crippen molar-refractivity contribution in [3.8, 4) is 50.8 Å². The third-order valence-electron chi connectivity index (χ3n) is 10.8. The maximum absolute atomic E-state index is 11.2. The molecule has 0 unspecified atom stereocenters. The molecule has 0 fully saturated rings. The van der Waals surface area contributed by atoms with E-state index in [4.69, 9.17) is 9.97 Å². The van der Waals surface area contributed by atoms with Crippen molar-refractivity contribution in [1.82, 2.24) is 19.1 Å². The topological polar surface area (TPSA) is 55.9 Å². The molecule has 0 aliphatic rings. The molecule has 5 nitrogen and oxygen atoms in total. The van der Waals surface area contributed by atoms with E-state index in [-0.39, 0.29) is 5.75 Å². The van der Waals surface area contributed by atoms with Crippen LogP contribution in [0.3, 0.4) is 0 Å². The molecule has 0 spiro atoms. The van der Waals surface area contributed by atoms with Crippen LogP contribution in [0.4, 0.5) is 0 Å². The first kappa shape index (κ1) is 31.1. The summed E-state index contributed by atoms with van der Waals surface area (Å²) >= 11 is 0. The molecule has 5 heteroatoms. The number of fused-ring (bicyclic) bond motifs is 6. The van der Waals surface area contributed by atoms with Crippen LogP contribution < -0.4 is 0 Å². The zero-order valence-electron chi connectivity index (χ0n) is 29.6. The molecule has 0 aliphatic carbocycles. The first-order valence-electron chi connectivity index (χ1n) is 18.5. The third kappa shape index (κ3) is 4.94. The molecule has 258 valence electrons. The molecule has 0 saturated carbocycles. The molecule has 0 amide bonds. The standard InChI is InChI=1S/C50H32N4O/c55-47-24-8-5-18-43(47)50-52-49-40(20-10-23-46(49)54(50)37-26-25-32-12-1-2-13-34(32)29-37)36-28-35(39-19-9-14-33-15-11-27-51-48(33)39)30-38(31-36)53-44-21-6-3-16-41(44)42-17-4-7-22-45(42)53/h1-31,55H. The van der Waals surface area contributed by atoms with Crippen LogP contribution in [0.5, 0.6) is 5.75 Å². The van der Waals surface area contributed by atoms with Crippen LogP contribution >= 0.6 is 0 Å². The number of hydrogen-bond acceptors (Lipinski definition) is 3. The lowest BCUT2D eigenvalue weighted by molar-refractivity contribution is 0.477. The maximum Gasteiger partial charge on any atom is 0.149 e. The van der Waals surface area contributed by atoms with Crippen molar-refractivity contribution in [3.63, 3.8) is 0 Å². The van der Waals surface area contributed by atoms with Gasteiger partial charge < -0.3 is 9.67 Å². The summed E-state index contributed by atoms with van der Waals surface area (Å²) in [7, 11) is 0.